The van der Waals surface area contributed by atoms with Crippen LogP contribution in [0.25, 0.3) is 16.8 Å². The van der Waals surface area contributed by atoms with Crippen LogP contribution in [0.4, 0.5) is 0 Å². The molecule has 4 aromatic carbocycles. The zero-order chi connectivity index (χ0) is 28.3. The highest BCUT2D eigenvalue weighted by Crippen LogP contribution is 2.32. The highest BCUT2D eigenvalue weighted by Gasteiger charge is 2.33. The van der Waals surface area contributed by atoms with E-state index in [1.807, 2.05) is 110 Å². The van der Waals surface area contributed by atoms with Gasteiger partial charge in [-0.15, -0.1) is 0 Å². The number of fused-ring (bicyclic) bond motifs is 2. The maximum Gasteiger partial charge on any atom is 0.338 e. The Morgan fingerprint density at radius 1 is 0.951 bits per heavy atom. The number of hydrogen-bond donors (Lipinski definition) is 0. The summed E-state index contributed by atoms with van der Waals surface area (Å²) in [6, 6.07) is 30.9. The van der Waals surface area contributed by atoms with E-state index in [0.29, 0.717) is 39.4 Å². The number of hydrogen-bond acceptors (Lipinski definition) is 6. The molecule has 1 atom stereocenters. The van der Waals surface area contributed by atoms with Gasteiger partial charge in [-0.3, -0.25) is 9.36 Å². The molecule has 2 heterocycles. The normalized spacial score (nSPS) is 15.0. The molecular formula is C34H28N2O4S. The Labute approximate surface area is 241 Å². The summed E-state index contributed by atoms with van der Waals surface area (Å²) in [7, 11) is 1.35. The van der Waals surface area contributed by atoms with E-state index >= 15 is 0 Å². The lowest BCUT2D eigenvalue weighted by molar-refractivity contribution is -0.136. The highest BCUT2D eigenvalue weighted by molar-refractivity contribution is 7.07. The molecule has 1 aliphatic heterocycles. The van der Waals surface area contributed by atoms with Crippen LogP contribution < -0.4 is 19.6 Å². The number of carbonyl (C=O) groups is 1. The number of allylic oxidation sites excluding steroid dienone is 1. The molecule has 0 aliphatic carbocycles. The van der Waals surface area contributed by atoms with Gasteiger partial charge < -0.3 is 9.47 Å². The van der Waals surface area contributed by atoms with Gasteiger partial charge in [-0.2, -0.15) is 0 Å². The Morgan fingerprint density at radius 3 is 2.39 bits per heavy atom. The fourth-order valence-electron chi connectivity index (χ4n) is 5.23. The van der Waals surface area contributed by atoms with Crippen molar-refractivity contribution in [2.24, 2.45) is 4.99 Å². The van der Waals surface area contributed by atoms with Crippen LogP contribution >= 0.6 is 11.3 Å². The van der Waals surface area contributed by atoms with Gasteiger partial charge in [0.05, 0.1) is 29.0 Å². The van der Waals surface area contributed by atoms with Crippen molar-refractivity contribution < 1.29 is 14.3 Å². The van der Waals surface area contributed by atoms with Crippen molar-refractivity contribution >= 4 is 34.2 Å². The number of carbonyl (C=O) groups excluding carboxylic acids is 1. The molecule has 0 N–H and O–H groups in total. The standard InChI is InChI=1S/C34H28N2O4S/c1-3-27-30(33(38)39-2)31(24-15-8-5-9-16-24)36-32(37)29(41-34(36)35-27)20-26-25-17-11-10-14-23(25)18-19-28(26)40-21-22-12-6-4-7-13-22/h4-20,31H,3,21H2,1-2H3/b29-20+/t31-/m0/s1. The number of nitrogens with zero attached hydrogens (tertiary/aromatic N) is 2. The van der Waals surface area contributed by atoms with Gasteiger partial charge in [-0.05, 0) is 40.5 Å². The minimum atomic E-state index is -0.640. The number of esters is 1. The fourth-order valence-corrected chi connectivity index (χ4v) is 6.23. The third-order valence-electron chi connectivity index (χ3n) is 7.21. The molecule has 1 aromatic heterocycles. The van der Waals surface area contributed by atoms with Crippen molar-refractivity contribution in [3.63, 3.8) is 0 Å². The molecule has 7 heteroatoms. The monoisotopic (exact) mass is 560 g/mol. The first-order valence-electron chi connectivity index (χ1n) is 13.5. The Balaban J connectivity index is 1.55. The van der Waals surface area contributed by atoms with Crippen molar-refractivity contribution in [3.05, 3.63) is 145 Å². The number of rotatable bonds is 7. The third-order valence-corrected chi connectivity index (χ3v) is 8.19. The zero-order valence-electron chi connectivity index (χ0n) is 22.7. The largest absolute Gasteiger partial charge is 0.488 e. The van der Waals surface area contributed by atoms with Crippen LogP contribution in [0.2, 0.25) is 0 Å². The van der Waals surface area contributed by atoms with E-state index in [9.17, 15) is 9.59 Å². The van der Waals surface area contributed by atoms with Crippen molar-refractivity contribution in [1.82, 2.24) is 4.57 Å². The zero-order valence-corrected chi connectivity index (χ0v) is 23.6. The van der Waals surface area contributed by atoms with E-state index in [-0.39, 0.29) is 5.56 Å². The Hall–Kier alpha value is -4.75. The number of thiazole rings is 1. The van der Waals surface area contributed by atoms with Crippen LogP contribution in [0, 0.1) is 0 Å². The Morgan fingerprint density at radius 2 is 1.66 bits per heavy atom. The average molecular weight is 561 g/mol. The van der Waals surface area contributed by atoms with Gasteiger partial charge in [0, 0.05) is 5.56 Å². The molecule has 0 saturated carbocycles. The predicted molar refractivity (Wildman–Crippen MR) is 162 cm³/mol. The molecule has 0 saturated heterocycles. The molecule has 6 nitrogen and oxygen atoms in total. The molecule has 0 spiro atoms. The molecule has 41 heavy (non-hydrogen) atoms. The molecule has 0 unspecified atom stereocenters. The van der Waals surface area contributed by atoms with Gasteiger partial charge in [0.15, 0.2) is 4.80 Å². The summed E-state index contributed by atoms with van der Waals surface area (Å²) in [4.78, 5) is 32.5. The van der Waals surface area contributed by atoms with E-state index in [0.717, 1.165) is 27.5 Å². The summed E-state index contributed by atoms with van der Waals surface area (Å²) >= 11 is 1.31. The first-order chi connectivity index (χ1) is 20.1. The quantitative estimate of drug-likeness (QED) is 0.246. The van der Waals surface area contributed by atoms with Crippen molar-refractivity contribution in [2.45, 2.75) is 26.0 Å². The first kappa shape index (κ1) is 26.5. The van der Waals surface area contributed by atoms with Crippen LogP contribution in [0.3, 0.4) is 0 Å². The van der Waals surface area contributed by atoms with Gasteiger partial charge >= 0.3 is 5.97 Å². The Bertz CT molecular complexity index is 1960. The Kier molecular flexibility index (Phi) is 7.35. The second-order valence-corrected chi connectivity index (χ2v) is 10.7. The SMILES string of the molecule is CCC1=C(C(=O)OC)[C@H](c2ccccc2)n2c(s/c(=C/c3c(OCc4ccccc4)ccc4ccccc34)c2=O)=N1. The van der Waals surface area contributed by atoms with E-state index in [1.165, 1.54) is 18.4 Å². The minimum Gasteiger partial charge on any atom is -0.488 e. The molecule has 0 bridgehead atoms. The minimum absolute atomic E-state index is 0.221. The van der Waals surface area contributed by atoms with E-state index in [4.69, 9.17) is 14.5 Å². The lowest BCUT2D eigenvalue weighted by Crippen LogP contribution is -2.40. The maximum absolute atomic E-state index is 14.1. The summed E-state index contributed by atoms with van der Waals surface area (Å²) in [5.41, 5.74) is 3.48. The smallest absolute Gasteiger partial charge is 0.338 e. The molecular weight excluding hydrogens is 532 g/mol. The van der Waals surface area contributed by atoms with Gasteiger partial charge in [0.25, 0.3) is 5.56 Å². The van der Waals surface area contributed by atoms with Crippen molar-refractivity contribution in [2.75, 3.05) is 7.11 Å². The van der Waals surface area contributed by atoms with E-state index in [2.05, 4.69) is 0 Å². The van der Waals surface area contributed by atoms with Crippen LogP contribution in [0.15, 0.2) is 118 Å². The second kappa shape index (κ2) is 11.4. The lowest BCUT2D eigenvalue weighted by atomic mass is 9.95. The summed E-state index contributed by atoms with van der Waals surface area (Å²) in [6.45, 7) is 2.35. The van der Waals surface area contributed by atoms with Crippen LogP contribution in [-0.4, -0.2) is 17.6 Å². The maximum atomic E-state index is 14.1. The van der Waals surface area contributed by atoms with E-state index < -0.39 is 12.0 Å². The van der Waals surface area contributed by atoms with Crippen molar-refractivity contribution in [3.8, 4) is 5.75 Å². The van der Waals surface area contributed by atoms with Gasteiger partial charge in [0.2, 0.25) is 0 Å². The molecule has 204 valence electrons. The van der Waals surface area contributed by atoms with Gasteiger partial charge in [-0.25, -0.2) is 9.79 Å². The fraction of sp³-hybridized carbons (Fsp3) is 0.147. The number of ether oxygens (including phenoxy) is 2. The predicted octanol–water partition coefficient (Wildman–Crippen LogP) is 5.53. The molecule has 6 rings (SSSR count). The van der Waals surface area contributed by atoms with Crippen LogP contribution in [0.5, 0.6) is 5.75 Å². The molecule has 0 fully saturated rings. The number of methoxy groups -OCH3 is 1. The number of aromatic nitrogens is 1. The summed E-state index contributed by atoms with van der Waals surface area (Å²) in [5.74, 6) is 0.196. The van der Waals surface area contributed by atoms with Crippen molar-refractivity contribution in [1.29, 1.82) is 0 Å². The second-order valence-electron chi connectivity index (χ2n) is 9.67. The lowest BCUT2D eigenvalue weighted by Gasteiger charge is -2.25. The molecule has 1 aliphatic rings. The highest BCUT2D eigenvalue weighted by atomic mass is 32.1. The van der Waals surface area contributed by atoms with Crippen LogP contribution in [0.1, 0.15) is 36.1 Å². The number of benzene rings is 4. The summed E-state index contributed by atoms with van der Waals surface area (Å²) in [5, 5.41) is 2.02. The molecule has 0 amide bonds. The summed E-state index contributed by atoms with van der Waals surface area (Å²) < 4.78 is 13.6. The topological polar surface area (TPSA) is 69.9 Å². The molecule has 5 aromatic rings. The molecule has 0 radical (unpaired) electrons. The van der Waals surface area contributed by atoms with Gasteiger partial charge in [0.1, 0.15) is 12.4 Å². The summed E-state index contributed by atoms with van der Waals surface area (Å²) in [6.07, 6.45) is 2.42. The third kappa shape index (κ3) is 5.00. The van der Waals surface area contributed by atoms with E-state index in [1.54, 1.807) is 4.57 Å². The van der Waals surface area contributed by atoms with Crippen LogP contribution in [-0.2, 0) is 16.1 Å². The average Bonchev–Trinajstić information content (AvgIpc) is 3.34. The first-order valence-corrected chi connectivity index (χ1v) is 14.3. The van der Waals surface area contributed by atoms with Gasteiger partial charge in [-0.1, -0.05) is 109 Å².